The van der Waals surface area contributed by atoms with E-state index in [4.69, 9.17) is 0 Å². The number of sulfonamides is 1. The fourth-order valence-corrected chi connectivity index (χ4v) is 4.94. The van der Waals surface area contributed by atoms with Gasteiger partial charge in [0.2, 0.25) is 15.9 Å². The van der Waals surface area contributed by atoms with E-state index in [-0.39, 0.29) is 29.4 Å². The predicted molar refractivity (Wildman–Crippen MR) is 90.7 cm³/mol. The second kappa shape index (κ2) is 7.19. The lowest BCUT2D eigenvalue weighted by atomic mass is 9.86. The first-order chi connectivity index (χ1) is 11.5. The zero-order valence-corrected chi connectivity index (χ0v) is 14.8. The number of nitrogens with zero attached hydrogens (tertiary/aromatic N) is 2. The van der Waals surface area contributed by atoms with Crippen LogP contribution >= 0.6 is 0 Å². The van der Waals surface area contributed by atoms with Gasteiger partial charge in [-0.2, -0.15) is 4.31 Å². The Kier molecular flexibility index (Phi) is 5.20. The first kappa shape index (κ1) is 17.4. The van der Waals surface area contributed by atoms with Crippen LogP contribution in [0.5, 0.6) is 0 Å². The average Bonchev–Trinajstić information content (AvgIpc) is 3.40. The van der Waals surface area contributed by atoms with Gasteiger partial charge in [-0.05, 0) is 43.7 Å². The van der Waals surface area contributed by atoms with Crippen molar-refractivity contribution in [3.05, 3.63) is 24.5 Å². The van der Waals surface area contributed by atoms with E-state index in [0.29, 0.717) is 5.92 Å². The molecule has 7 heteroatoms. The monoisotopic (exact) mass is 351 g/mol. The Morgan fingerprint density at radius 1 is 1.29 bits per heavy atom. The van der Waals surface area contributed by atoms with Crippen LogP contribution in [-0.4, -0.2) is 42.2 Å². The van der Waals surface area contributed by atoms with Gasteiger partial charge in [0.15, 0.2) is 0 Å². The van der Waals surface area contributed by atoms with Gasteiger partial charge >= 0.3 is 0 Å². The van der Waals surface area contributed by atoms with Gasteiger partial charge in [0.1, 0.15) is 4.90 Å². The molecule has 2 saturated carbocycles. The van der Waals surface area contributed by atoms with Crippen molar-refractivity contribution in [2.24, 2.45) is 5.92 Å². The summed E-state index contributed by atoms with van der Waals surface area (Å²) in [6.07, 6.45) is 8.92. The van der Waals surface area contributed by atoms with Crippen LogP contribution in [0.15, 0.2) is 29.4 Å². The lowest BCUT2D eigenvalue weighted by Gasteiger charge is -2.30. The van der Waals surface area contributed by atoms with Crippen molar-refractivity contribution in [2.45, 2.75) is 62.4 Å². The van der Waals surface area contributed by atoms with Crippen molar-refractivity contribution in [3.8, 4) is 0 Å². The number of carbonyl (C=O) groups excluding carboxylic acids is 1. The van der Waals surface area contributed by atoms with E-state index >= 15 is 0 Å². The fraction of sp³-hybridized carbons (Fsp3) is 0.647. The highest BCUT2D eigenvalue weighted by Gasteiger charge is 2.39. The fourth-order valence-electron chi connectivity index (χ4n) is 3.33. The molecule has 2 unspecified atom stereocenters. The van der Waals surface area contributed by atoms with E-state index in [2.05, 4.69) is 17.2 Å². The number of aromatic nitrogens is 1. The van der Waals surface area contributed by atoms with E-state index in [0.717, 1.165) is 32.1 Å². The Hall–Kier alpha value is -1.47. The largest absolute Gasteiger partial charge is 0.352 e. The summed E-state index contributed by atoms with van der Waals surface area (Å²) in [4.78, 5) is 16.5. The first-order valence-corrected chi connectivity index (χ1v) is 10.1. The average molecular weight is 351 g/mol. The molecule has 6 nitrogen and oxygen atoms in total. The molecule has 1 amide bonds. The summed E-state index contributed by atoms with van der Waals surface area (Å²) in [5.41, 5.74) is 0. The van der Waals surface area contributed by atoms with Gasteiger partial charge in [0, 0.05) is 24.5 Å². The highest BCUT2D eigenvalue weighted by Crippen LogP contribution is 2.31. The Bertz CT molecular complexity index is 674. The second-order valence-electron chi connectivity index (χ2n) is 6.91. The van der Waals surface area contributed by atoms with Crippen LogP contribution in [0.1, 0.15) is 45.4 Å². The third-order valence-electron chi connectivity index (χ3n) is 4.95. The third-order valence-corrected chi connectivity index (χ3v) is 6.83. The van der Waals surface area contributed by atoms with Crippen LogP contribution in [0.4, 0.5) is 0 Å². The normalized spacial score (nSPS) is 24.8. The van der Waals surface area contributed by atoms with Gasteiger partial charge in [-0.15, -0.1) is 0 Å². The molecule has 132 valence electrons. The summed E-state index contributed by atoms with van der Waals surface area (Å²) in [5.74, 6) is 0.250. The smallest absolute Gasteiger partial charge is 0.245 e. The summed E-state index contributed by atoms with van der Waals surface area (Å²) >= 11 is 0. The molecule has 0 saturated heterocycles. The van der Waals surface area contributed by atoms with Crippen molar-refractivity contribution in [2.75, 3.05) is 6.54 Å². The quantitative estimate of drug-likeness (QED) is 0.849. The summed E-state index contributed by atoms with van der Waals surface area (Å²) in [5, 5.41) is 3.04. The lowest BCUT2D eigenvalue weighted by Crippen LogP contribution is -2.47. The summed E-state index contributed by atoms with van der Waals surface area (Å²) in [6, 6.07) is 3.22. The number of rotatable bonds is 6. The van der Waals surface area contributed by atoms with E-state index < -0.39 is 10.0 Å². The molecule has 1 heterocycles. The number of hydrogen-bond donors (Lipinski definition) is 1. The zero-order chi connectivity index (χ0) is 17.2. The van der Waals surface area contributed by atoms with Crippen molar-refractivity contribution in [1.29, 1.82) is 0 Å². The molecule has 3 rings (SSSR count). The topological polar surface area (TPSA) is 79.4 Å². The molecule has 1 N–H and O–H groups in total. The maximum Gasteiger partial charge on any atom is 0.245 e. The van der Waals surface area contributed by atoms with Crippen LogP contribution in [0.25, 0.3) is 0 Å². The number of pyridine rings is 1. The molecule has 1 aromatic heterocycles. The molecule has 1 aromatic rings. The summed E-state index contributed by atoms with van der Waals surface area (Å²) in [7, 11) is -3.68. The molecule has 0 spiro atoms. The van der Waals surface area contributed by atoms with E-state index in [1.165, 1.54) is 29.2 Å². The Balaban J connectivity index is 1.69. The molecule has 2 fully saturated rings. The van der Waals surface area contributed by atoms with Crippen LogP contribution in [0.3, 0.4) is 0 Å². The molecule has 0 aliphatic heterocycles. The highest BCUT2D eigenvalue weighted by molar-refractivity contribution is 7.89. The lowest BCUT2D eigenvalue weighted by molar-refractivity contribution is -0.122. The Morgan fingerprint density at radius 2 is 2.04 bits per heavy atom. The SMILES string of the molecule is CC1CCCCC1NC(=O)CN(C1CC1)S(=O)(=O)c1cccnc1. The van der Waals surface area contributed by atoms with Crippen LogP contribution in [0.2, 0.25) is 0 Å². The van der Waals surface area contributed by atoms with E-state index in [1.807, 2.05) is 0 Å². The van der Waals surface area contributed by atoms with E-state index in [9.17, 15) is 13.2 Å². The predicted octanol–water partition coefficient (Wildman–Crippen LogP) is 1.93. The minimum atomic E-state index is -3.68. The molecular formula is C17H25N3O3S. The Morgan fingerprint density at radius 3 is 2.67 bits per heavy atom. The Labute approximate surface area is 143 Å². The number of amides is 1. The molecule has 2 atom stereocenters. The number of hydrogen-bond acceptors (Lipinski definition) is 4. The molecular weight excluding hydrogens is 326 g/mol. The minimum absolute atomic E-state index is 0.0651. The van der Waals surface area contributed by atoms with Crippen LogP contribution in [-0.2, 0) is 14.8 Å². The van der Waals surface area contributed by atoms with Gasteiger partial charge in [-0.1, -0.05) is 19.8 Å². The van der Waals surface area contributed by atoms with Gasteiger partial charge in [-0.3, -0.25) is 9.78 Å². The van der Waals surface area contributed by atoms with Crippen molar-refractivity contribution in [3.63, 3.8) is 0 Å². The van der Waals surface area contributed by atoms with Crippen molar-refractivity contribution >= 4 is 15.9 Å². The van der Waals surface area contributed by atoms with Gasteiger partial charge in [0.25, 0.3) is 0 Å². The molecule has 2 aliphatic carbocycles. The maximum atomic E-state index is 12.8. The molecule has 0 aromatic carbocycles. The third kappa shape index (κ3) is 3.95. The van der Waals surface area contributed by atoms with Crippen LogP contribution < -0.4 is 5.32 Å². The van der Waals surface area contributed by atoms with Gasteiger partial charge < -0.3 is 5.32 Å². The standard InChI is InChI=1S/C17H25N3O3S/c1-13-5-2-3-7-16(13)19-17(21)12-20(14-8-9-14)24(22,23)15-6-4-10-18-11-15/h4,6,10-11,13-14,16H,2-3,5,7-9,12H2,1H3,(H,19,21). The zero-order valence-electron chi connectivity index (χ0n) is 14.0. The first-order valence-electron chi connectivity index (χ1n) is 8.69. The van der Waals surface area contributed by atoms with Gasteiger partial charge in [-0.25, -0.2) is 8.42 Å². The second-order valence-corrected chi connectivity index (χ2v) is 8.80. The van der Waals surface area contributed by atoms with Gasteiger partial charge in [0.05, 0.1) is 6.54 Å². The molecule has 2 aliphatic rings. The number of carbonyl (C=O) groups is 1. The maximum absolute atomic E-state index is 12.8. The van der Waals surface area contributed by atoms with Crippen molar-refractivity contribution < 1.29 is 13.2 Å². The molecule has 24 heavy (non-hydrogen) atoms. The summed E-state index contributed by atoms with van der Waals surface area (Å²) < 4.78 is 27.0. The molecule has 0 radical (unpaired) electrons. The van der Waals surface area contributed by atoms with Crippen LogP contribution in [0, 0.1) is 5.92 Å². The summed E-state index contributed by atoms with van der Waals surface area (Å²) in [6.45, 7) is 2.04. The molecule has 0 bridgehead atoms. The van der Waals surface area contributed by atoms with E-state index in [1.54, 1.807) is 6.07 Å². The van der Waals surface area contributed by atoms with Crippen molar-refractivity contribution in [1.82, 2.24) is 14.6 Å². The number of nitrogens with one attached hydrogen (secondary N) is 1. The minimum Gasteiger partial charge on any atom is -0.352 e. The highest BCUT2D eigenvalue weighted by atomic mass is 32.2.